The SMILES string of the molecule is CN(C)c1ccc(N=Nc2ccc([N+]#N)cc2)cc1. The van der Waals surface area contributed by atoms with Crippen molar-refractivity contribution < 1.29 is 0 Å². The largest absolute Gasteiger partial charge is 0.385 e. The highest BCUT2D eigenvalue weighted by Gasteiger charge is 2.01. The van der Waals surface area contributed by atoms with Crippen molar-refractivity contribution in [2.45, 2.75) is 0 Å². The molecule has 0 radical (unpaired) electrons. The predicted molar refractivity (Wildman–Crippen MR) is 76.1 cm³/mol. The summed E-state index contributed by atoms with van der Waals surface area (Å²) in [5, 5.41) is 16.8. The Labute approximate surface area is 111 Å². The molecule has 2 aromatic carbocycles. The minimum Gasteiger partial charge on any atom is -0.378 e. The quantitative estimate of drug-likeness (QED) is 0.589. The molecule has 5 nitrogen and oxygen atoms in total. The fourth-order valence-electron chi connectivity index (χ4n) is 1.52. The third kappa shape index (κ3) is 3.36. The van der Waals surface area contributed by atoms with Crippen LogP contribution in [0.15, 0.2) is 58.8 Å². The van der Waals surface area contributed by atoms with E-state index in [-0.39, 0.29) is 0 Å². The van der Waals surface area contributed by atoms with E-state index in [9.17, 15) is 0 Å². The molecular formula is C14H14N5+. The highest BCUT2D eigenvalue weighted by molar-refractivity contribution is 5.53. The maximum absolute atomic E-state index is 8.57. The Morgan fingerprint density at radius 1 is 0.842 bits per heavy atom. The summed E-state index contributed by atoms with van der Waals surface area (Å²) in [6.45, 7) is 0. The molecule has 0 aliphatic rings. The molecule has 0 spiro atoms. The highest BCUT2D eigenvalue weighted by atomic mass is 15.1. The lowest BCUT2D eigenvalue weighted by atomic mass is 10.3. The number of anilines is 1. The molecule has 0 N–H and O–H groups in total. The summed E-state index contributed by atoms with van der Waals surface area (Å²) < 4.78 is 0. The van der Waals surface area contributed by atoms with Crippen molar-refractivity contribution in [2.75, 3.05) is 19.0 Å². The Kier molecular flexibility index (Phi) is 3.84. The van der Waals surface area contributed by atoms with Gasteiger partial charge in [0.15, 0.2) is 4.98 Å². The Hall–Kier alpha value is -2.74. The molecule has 0 amide bonds. The lowest BCUT2D eigenvalue weighted by Crippen LogP contribution is -2.07. The normalized spacial score (nSPS) is 10.4. The van der Waals surface area contributed by atoms with E-state index in [0.717, 1.165) is 11.4 Å². The molecule has 0 aliphatic heterocycles. The van der Waals surface area contributed by atoms with E-state index in [2.05, 4.69) is 15.2 Å². The van der Waals surface area contributed by atoms with Gasteiger partial charge in [0, 0.05) is 31.9 Å². The van der Waals surface area contributed by atoms with E-state index in [4.69, 9.17) is 5.39 Å². The molecule has 94 valence electrons. The van der Waals surface area contributed by atoms with Crippen LogP contribution in [0.1, 0.15) is 0 Å². The molecule has 0 saturated heterocycles. The van der Waals surface area contributed by atoms with Crippen molar-refractivity contribution in [1.29, 1.82) is 5.39 Å². The third-order valence-electron chi connectivity index (χ3n) is 2.61. The second-order valence-corrected chi connectivity index (χ2v) is 4.23. The van der Waals surface area contributed by atoms with Crippen molar-refractivity contribution in [2.24, 2.45) is 10.2 Å². The average Bonchev–Trinajstić information content (AvgIpc) is 2.46. The van der Waals surface area contributed by atoms with Gasteiger partial charge in [-0.1, -0.05) is 0 Å². The minimum absolute atomic E-state index is 0.495. The van der Waals surface area contributed by atoms with Gasteiger partial charge in [-0.3, -0.25) is 0 Å². The smallest absolute Gasteiger partial charge is 0.378 e. The second-order valence-electron chi connectivity index (χ2n) is 4.23. The van der Waals surface area contributed by atoms with Crippen LogP contribution in [0.25, 0.3) is 4.98 Å². The zero-order valence-electron chi connectivity index (χ0n) is 10.9. The molecule has 2 aromatic rings. The van der Waals surface area contributed by atoms with E-state index in [1.54, 1.807) is 24.3 Å². The molecule has 0 saturated carbocycles. The highest BCUT2D eigenvalue weighted by Crippen LogP contribution is 2.22. The number of hydrogen-bond donors (Lipinski definition) is 0. The zero-order chi connectivity index (χ0) is 13.7. The van der Waals surface area contributed by atoms with Gasteiger partial charge in [-0.25, -0.2) is 0 Å². The Balaban J connectivity index is 2.11. The van der Waals surface area contributed by atoms with E-state index >= 15 is 0 Å². The topological polar surface area (TPSA) is 56.1 Å². The summed E-state index contributed by atoms with van der Waals surface area (Å²) in [5.41, 5.74) is 3.12. The average molecular weight is 252 g/mol. The summed E-state index contributed by atoms with van der Waals surface area (Å²) in [4.78, 5) is 5.11. The van der Waals surface area contributed by atoms with Crippen molar-refractivity contribution in [3.05, 3.63) is 53.5 Å². The molecule has 2 rings (SSSR count). The number of nitrogens with zero attached hydrogens (tertiary/aromatic N) is 5. The lowest BCUT2D eigenvalue weighted by molar-refractivity contribution is 1.13. The van der Waals surface area contributed by atoms with Crippen LogP contribution in [0.3, 0.4) is 0 Å². The van der Waals surface area contributed by atoms with Crippen LogP contribution in [0.4, 0.5) is 22.7 Å². The summed E-state index contributed by atoms with van der Waals surface area (Å²) in [7, 11) is 3.98. The van der Waals surface area contributed by atoms with Crippen molar-refractivity contribution in [3.8, 4) is 0 Å². The van der Waals surface area contributed by atoms with Gasteiger partial charge in [-0.05, 0) is 36.4 Å². The molecule has 0 aliphatic carbocycles. The van der Waals surface area contributed by atoms with Crippen LogP contribution in [-0.2, 0) is 0 Å². The molecule has 0 bridgehead atoms. The number of azo groups is 1. The maximum Gasteiger partial charge on any atom is 0.385 e. The Morgan fingerprint density at radius 2 is 1.32 bits per heavy atom. The molecule has 0 unspecified atom stereocenters. The zero-order valence-corrected chi connectivity index (χ0v) is 10.9. The maximum atomic E-state index is 8.57. The molecule has 0 fully saturated rings. The number of benzene rings is 2. The van der Waals surface area contributed by atoms with E-state index < -0.39 is 0 Å². The molecule has 0 heterocycles. The molecule has 19 heavy (non-hydrogen) atoms. The van der Waals surface area contributed by atoms with Gasteiger partial charge in [0.2, 0.25) is 5.39 Å². The van der Waals surface area contributed by atoms with Crippen LogP contribution in [-0.4, -0.2) is 14.1 Å². The Morgan fingerprint density at radius 3 is 1.74 bits per heavy atom. The fraction of sp³-hybridized carbons (Fsp3) is 0.143. The van der Waals surface area contributed by atoms with Crippen LogP contribution < -0.4 is 4.90 Å². The van der Waals surface area contributed by atoms with Gasteiger partial charge < -0.3 is 4.90 Å². The standard InChI is InChI=1S/C14H14N5/c1-19(2)14-9-7-13(8-10-14)18-17-12-5-3-11(16-15)4-6-12/h3-10H,1-2H3/q+1. The summed E-state index contributed by atoms with van der Waals surface area (Å²) >= 11 is 0. The van der Waals surface area contributed by atoms with Gasteiger partial charge in [0.05, 0.1) is 11.4 Å². The number of hydrogen-bond acceptors (Lipinski definition) is 4. The third-order valence-corrected chi connectivity index (χ3v) is 2.61. The number of rotatable bonds is 3. The molecule has 0 aromatic heterocycles. The van der Waals surface area contributed by atoms with Gasteiger partial charge in [0.1, 0.15) is 0 Å². The second kappa shape index (κ2) is 5.74. The number of diazo groups is 1. The Bertz CT molecular complexity index is 606. The van der Waals surface area contributed by atoms with Crippen molar-refractivity contribution >= 4 is 22.7 Å². The van der Waals surface area contributed by atoms with E-state index in [1.165, 1.54) is 0 Å². The minimum atomic E-state index is 0.495. The van der Waals surface area contributed by atoms with Gasteiger partial charge in [-0.15, -0.1) is 0 Å². The molecule has 5 heteroatoms. The van der Waals surface area contributed by atoms with Crippen LogP contribution in [0.5, 0.6) is 0 Å². The van der Waals surface area contributed by atoms with Crippen LogP contribution in [0.2, 0.25) is 0 Å². The van der Waals surface area contributed by atoms with Crippen molar-refractivity contribution in [1.82, 2.24) is 0 Å². The first-order valence-corrected chi connectivity index (χ1v) is 5.83. The van der Waals surface area contributed by atoms with Gasteiger partial charge in [-0.2, -0.15) is 10.2 Å². The fourth-order valence-corrected chi connectivity index (χ4v) is 1.52. The summed E-state index contributed by atoms with van der Waals surface area (Å²) in [6.07, 6.45) is 0. The lowest BCUT2D eigenvalue weighted by Gasteiger charge is -2.11. The van der Waals surface area contributed by atoms with E-state index in [0.29, 0.717) is 11.4 Å². The molecular weight excluding hydrogens is 238 g/mol. The van der Waals surface area contributed by atoms with Crippen LogP contribution >= 0.6 is 0 Å². The monoisotopic (exact) mass is 252 g/mol. The first-order chi connectivity index (χ1) is 9.19. The predicted octanol–water partition coefficient (Wildman–Crippen LogP) is 4.65. The molecule has 0 atom stereocenters. The van der Waals surface area contributed by atoms with Gasteiger partial charge in [0.25, 0.3) is 0 Å². The first-order valence-electron chi connectivity index (χ1n) is 5.83. The van der Waals surface area contributed by atoms with Gasteiger partial charge >= 0.3 is 5.69 Å². The van der Waals surface area contributed by atoms with E-state index in [1.807, 2.05) is 43.3 Å². The first kappa shape index (κ1) is 12.7. The van der Waals surface area contributed by atoms with Crippen LogP contribution in [0, 0.1) is 5.39 Å². The summed E-state index contributed by atoms with van der Waals surface area (Å²) in [5.74, 6) is 0. The summed E-state index contributed by atoms with van der Waals surface area (Å²) in [6, 6.07) is 14.6. The van der Waals surface area contributed by atoms with Crippen molar-refractivity contribution in [3.63, 3.8) is 0 Å².